The molecule has 1 aromatic carbocycles. The zero-order valence-corrected chi connectivity index (χ0v) is 13.4. The predicted octanol–water partition coefficient (Wildman–Crippen LogP) is 1.90. The Morgan fingerprint density at radius 3 is 2.52 bits per heavy atom. The van der Waals surface area contributed by atoms with Gasteiger partial charge in [0.15, 0.2) is 9.84 Å². The van der Waals surface area contributed by atoms with Gasteiger partial charge in [-0.1, -0.05) is 18.2 Å². The number of nitrogens with zero attached hydrogens (tertiary/aromatic N) is 1. The van der Waals surface area contributed by atoms with Crippen molar-refractivity contribution < 1.29 is 17.9 Å². The summed E-state index contributed by atoms with van der Waals surface area (Å²) in [6.07, 6.45) is 0.0902. The lowest BCUT2D eigenvalue weighted by atomic mass is 10.2. The van der Waals surface area contributed by atoms with Crippen LogP contribution in [0.4, 0.5) is 5.69 Å². The summed E-state index contributed by atoms with van der Waals surface area (Å²) in [5.41, 5.74) is 0.616. The molecule has 0 N–H and O–H groups in total. The molecular weight excluding hydrogens is 314 g/mol. The Hall–Kier alpha value is -1.27. The molecule has 1 atom stereocenters. The molecule has 5 nitrogen and oxygen atoms in total. The molecular formula is C14H19ClNO4S. The maximum absolute atomic E-state index is 11.9. The third-order valence-corrected chi connectivity index (χ3v) is 4.81. The number of halogens is 1. The van der Waals surface area contributed by atoms with Gasteiger partial charge in [-0.2, -0.15) is 0 Å². The van der Waals surface area contributed by atoms with Crippen molar-refractivity contribution in [2.45, 2.75) is 19.4 Å². The molecule has 0 saturated carbocycles. The van der Waals surface area contributed by atoms with Crippen molar-refractivity contribution in [3.8, 4) is 0 Å². The first kappa shape index (κ1) is 17.8. The van der Waals surface area contributed by atoms with Crippen molar-refractivity contribution in [2.75, 3.05) is 24.0 Å². The van der Waals surface area contributed by atoms with E-state index in [0.717, 1.165) is 0 Å². The SMILES string of the molecule is CCOC(=O)C(CCS(=O)(=O)CCCl)[N]c1ccccc1. The van der Waals surface area contributed by atoms with E-state index in [-0.39, 0.29) is 30.4 Å². The fourth-order valence-corrected chi connectivity index (χ4v) is 3.41. The standard InChI is InChI=1S/C14H19ClNO4S/c1-2-20-14(17)13(8-10-21(18,19)11-9-15)16-12-6-4-3-5-7-12/h3-7,13H,2,8-11H2,1H3. The van der Waals surface area contributed by atoms with E-state index in [0.29, 0.717) is 5.69 Å². The lowest BCUT2D eigenvalue weighted by molar-refractivity contribution is -0.145. The van der Waals surface area contributed by atoms with Gasteiger partial charge in [-0.25, -0.2) is 13.2 Å². The van der Waals surface area contributed by atoms with Crippen LogP contribution in [0, 0.1) is 0 Å². The van der Waals surface area contributed by atoms with Crippen molar-refractivity contribution in [2.24, 2.45) is 0 Å². The molecule has 1 rings (SSSR count). The molecule has 0 spiro atoms. The Balaban J connectivity index is 2.71. The highest BCUT2D eigenvalue weighted by Gasteiger charge is 2.24. The molecule has 0 heterocycles. The molecule has 0 saturated heterocycles. The van der Waals surface area contributed by atoms with Crippen molar-refractivity contribution in [1.82, 2.24) is 5.32 Å². The normalized spacial score (nSPS) is 12.7. The number of rotatable bonds is 9. The zero-order valence-electron chi connectivity index (χ0n) is 11.9. The molecule has 7 heteroatoms. The quantitative estimate of drug-likeness (QED) is 0.511. The first-order valence-electron chi connectivity index (χ1n) is 6.67. The summed E-state index contributed by atoms with van der Waals surface area (Å²) in [5.74, 6) is -0.709. The Morgan fingerprint density at radius 2 is 1.95 bits per heavy atom. The topological polar surface area (TPSA) is 74.5 Å². The van der Waals surface area contributed by atoms with Crippen LogP contribution in [0.2, 0.25) is 0 Å². The molecule has 0 aromatic heterocycles. The number of hydrogen-bond donors (Lipinski definition) is 0. The largest absolute Gasteiger partial charge is 0.464 e. The van der Waals surface area contributed by atoms with E-state index < -0.39 is 21.8 Å². The summed E-state index contributed by atoms with van der Waals surface area (Å²) in [7, 11) is -3.27. The van der Waals surface area contributed by atoms with Crippen molar-refractivity contribution in [3.05, 3.63) is 30.3 Å². The van der Waals surface area contributed by atoms with E-state index in [1.165, 1.54) is 0 Å². The molecule has 117 valence electrons. The van der Waals surface area contributed by atoms with Gasteiger partial charge >= 0.3 is 5.97 Å². The van der Waals surface area contributed by atoms with Crippen LogP contribution < -0.4 is 5.32 Å². The van der Waals surface area contributed by atoms with Gasteiger partial charge in [0.1, 0.15) is 6.04 Å². The Bertz CT molecular complexity index is 533. The second-order valence-electron chi connectivity index (χ2n) is 4.36. The van der Waals surface area contributed by atoms with Gasteiger partial charge in [-0.3, -0.25) is 5.32 Å². The number of ether oxygens (including phenoxy) is 1. The molecule has 0 fully saturated rings. The van der Waals surface area contributed by atoms with E-state index in [2.05, 4.69) is 5.32 Å². The summed E-state index contributed by atoms with van der Waals surface area (Å²) in [5, 5.41) is 4.27. The van der Waals surface area contributed by atoms with Crippen molar-refractivity contribution in [3.63, 3.8) is 0 Å². The molecule has 1 aromatic rings. The summed E-state index contributed by atoms with van der Waals surface area (Å²) in [4.78, 5) is 11.9. The number of esters is 1. The molecule has 0 aliphatic rings. The number of sulfone groups is 1. The summed E-state index contributed by atoms with van der Waals surface area (Å²) >= 11 is 5.45. The minimum absolute atomic E-state index is 0.0439. The monoisotopic (exact) mass is 332 g/mol. The Kier molecular flexibility index (Phi) is 7.53. The third kappa shape index (κ3) is 6.82. The average Bonchev–Trinajstić information content (AvgIpc) is 2.44. The van der Waals surface area contributed by atoms with E-state index in [1.54, 1.807) is 31.2 Å². The van der Waals surface area contributed by atoms with E-state index in [9.17, 15) is 13.2 Å². The minimum atomic E-state index is -3.27. The molecule has 1 radical (unpaired) electrons. The van der Waals surface area contributed by atoms with Crippen LogP contribution in [0.1, 0.15) is 13.3 Å². The van der Waals surface area contributed by atoms with Crippen LogP contribution in [0.25, 0.3) is 0 Å². The average molecular weight is 333 g/mol. The molecule has 0 amide bonds. The third-order valence-electron chi connectivity index (χ3n) is 2.71. The maximum atomic E-state index is 11.9. The second kappa shape index (κ2) is 8.89. The van der Waals surface area contributed by atoms with Crippen molar-refractivity contribution in [1.29, 1.82) is 0 Å². The van der Waals surface area contributed by atoms with Crippen LogP contribution >= 0.6 is 11.6 Å². The highest BCUT2D eigenvalue weighted by molar-refractivity contribution is 7.91. The number of carbonyl (C=O) groups is 1. The van der Waals surface area contributed by atoms with Gasteiger partial charge in [0, 0.05) is 5.88 Å². The second-order valence-corrected chi connectivity index (χ2v) is 7.04. The molecule has 21 heavy (non-hydrogen) atoms. The first-order chi connectivity index (χ1) is 9.98. The highest BCUT2D eigenvalue weighted by Crippen LogP contribution is 2.12. The van der Waals surface area contributed by atoms with Gasteiger partial charge in [0.25, 0.3) is 0 Å². The van der Waals surface area contributed by atoms with Crippen LogP contribution in [-0.2, 0) is 19.4 Å². The van der Waals surface area contributed by atoms with E-state index >= 15 is 0 Å². The van der Waals surface area contributed by atoms with Gasteiger partial charge in [-0.05, 0) is 25.5 Å². The van der Waals surface area contributed by atoms with Gasteiger partial charge in [0.05, 0.1) is 23.8 Å². The number of hydrogen-bond acceptors (Lipinski definition) is 4. The fourth-order valence-electron chi connectivity index (χ4n) is 1.68. The van der Waals surface area contributed by atoms with Gasteiger partial charge < -0.3 is 4.74 Å². The van der Waals surface area contributed by atoms with Crippen molar-refractivity contribution >= 4 is 33.1 Å². The number of benzene rings is 1. The van der Waals surface area contributed by atoms with Gasteiger partial charge in [0.2, 0.25) is 0 Å². The lowest BCUT2D eigenvalue weighted by Crippen LogP contribution is -2.33. The predicted molar refractivity (Wildman–Crippen MR) is 82.6 cm³/mol. The van der Waals surface area contributed by atoms with Crippen LogP contribution in [0.3, 0.4) is 0 Å². The molecule has 0 bridgehead atoms. The zero-order chi connectivity index (χ0) is 15.7. The van der Waals surface area contributed by atoms with Crippen LogP contribution in [0.5, 0.6) is 0 Å². The Morgan fingerprint density at radius 1 is 1.29 bits per heavy atom. The Labute approximate surface area is 130 Å². The van der Waals surface area contributed by atoms with Crippen LogP contribution in [0.15, 0.2) is 30.3 Å². The lowest BCUT2D eigenvalue weighted by Gasteiger charge is -2.15. The molecule has 0 aliphatic carbocycles. The number of para-hydroxylation sites is 1. The first-order valence-corrected chi connectivity index (χ1v) is 9.03. The smallest absolute Gasteiger partial charge is 0.330 e. The highest BCUT2D eigenvalue weighted by atomic mass is 35.5. The summed E-state index contributed by atoms with van der Waals surface area (Å²) < 4.78 is 28.3. The number of alkyl halides is 1. The minimum Gasteiger partial charge on any atom is -0.464 e. The molecule has 1 unspecified atom stereocenters. The summed E-state index contributed by atoms with van der Waals surface area (Å²) in [6.45, 7) is 1.93. The maximum Gasteiger partial charge on any atom is 0.330 e. The fraction of sp³-hybridized carbons (Fsp3) is 0.500. The van der Waals surface area contributed by atoms with Crippen LogP contribution in [-0.4, -0.2) is 44.4 Å². The van der Waals surface area contributed by atoms with Gasteiger partial charge in [-0.15, -0.1) is 11.6 Å². The van der Waals surface area contributed by atoms with E-state index in [1.807, 2.05) is 6.07 Å². The molecule has 0 aliphatic heterocycles. The summed E-state index contributed by atoms with van der Waals surface area (Å²) in [6, 6.07) is 8.11. The number of carbonyl (C=O) groups excluding carboxylic acids is 1. The van der Waals surface area contributed by atoms with E-state index in [4.69, 9.17) is 16.3 Å².